The summed E-state index contributed by atoms with van der Waals surface area (Å²) in [5.41, 5.74) is -0.383. The maximum Gasteiger partial charge on any atom is 0.408 e. The van der Waals surface area contributed by atoms with E-state index in [4.69, 9.17) is 4.74 Å². The highest BCUT2D eigenvalue weighted by atomic mass is 16.6. The molecule has 0 radical (unpaired) electrons. The van der Waals surface area contributed by atoms with Gasteiger partial charge in [-0.2, -0.15) is 0 Å². The van der Waals surface area contributed by atoms with Gasteiger partial charge in [-0.25, -0.2) is 4.79 Å². The summed E-state index contributed by atoms with van der Waals surface area (Å²) in [5.74, 6) is 0. The summed E-state index contributed by atoms with van der Waals surface area (Å²) in [6, 6.07) is 9.25. The minimum atomic E-state index is -1.17. The average Bonchev–Trinajstić information content (AvgIpc) is 2.44. The standard InChI is InChI=1S/C17H20N2O3/c1-16(2,3)22-15(21)19-17(4,11-20)13-8-7-12-6-5-9-18-14(12)10-13/h5-11H,1-4H3,(H,19,21). The number of aldehydes is 1. The first-order valence-electron chi connectivity index (χ1n) is 7.06. The summed E-state index contributed by atoms with van der Waals surface area (Å²) in [6.45, 7) is 6.94. The number of hydrogen-bond donors (Lipinski definition) is 1. The molecule has 1 unspecified atom stereocenters. The van der Waals surface area contributed by atoms with Crippen LogP contribution in [0.2, 0.25) is 0 Å². The first-order valence-corrected chi connectivity index (χ1v) is 7.06. The van der Waals surface area contributed by atoms with E-state index in [1.165, 1.54) is 0 Å². The largest absolute Gasteiger partial charge is 0.444 e. The van der Waals surface area contributed by atoms with Gasteiger partial charge in [0.05, 0.1) is 5.52 Å². The van der Waals surface area contributed by atoms with E-state index in [1.807, 2.05) is 18.2 Å². The normalized spacial score (nSPS) is 14.2. The number of rotatable bonds is 3. The highest BCUT2D eigenvalue weighted by Crippen LogP contribution is 2.23. The molecule has 0 aliphatic rings. The minimum absolute atomic E-state index is 0.626. The third-order valence-corrected chi connectivity index (χ3v) is 3.20. The van der Waals surface area contributed by atoms with E-state index in [0.717, 1.165) is 10.9 Å². The number of aromatic nitrogens is 1. The van der Waals surface area contributed by atoms with Gasteiger partial charge in [0, 0.05) is 11.6 Å². The number of alkyl carbamates (subject to hydrolysis) is 1. The van der Waals surface area contributed by atoms with Crippen LogP contribution in [0, 0.1) is 0 Å². The molecule has 5 heteroatoms. The van der Waals surface area contributed by atoms with Gasteiger partial charge in [-0.05, 0) is 45.4 Å². The Labute approximate surface area is 129 Å². The fraction of sp³-hybridized carbons (Fsp3) is 0.353. The van der Waals surface area contributed by atoms with Gasteiger partial charge in [0.25, 0.3) is 0 Å². The highest BCUT2D eigenvalue weighted by Gasteiger charge is 2.30. The topological polar surface area (TPSA) is 68.3 Å². The van der Waals surface area contributed by atoms with Crippen molar-refractivity contribution in [2.24, 2.45) is 0 Å². The predicted molar refractivity (Wildman–Crippen MR) is 84.5 cm³/mol. The van der Waals surface area contributed by atoms with Gasteiger partial charge in [-0.1, -0.05) is 18.2 Å². The minimum Gasteiger partial charge on any atom is -0.444 e. The maximum atomic E-state index is 12.0. The van der Waals surface area contributed by atoms with E-state index >= 15 is 0 Å². The van der Waals surface area contributed by atoms with Gasteiger partial charge in [0.15, 0.2) is 0 Å². The third-order valence-electron chi connectivity index (χ3n) is 3.20. The summed E-state index contributed by atoms with van der Waals surface area (Å²) in [6.07, 6.45) is 1.75. The fourth-order valence-electron chi connectivity index (χ4n) is 2.07. The van der Waals surface area contributed by atoms with E-state index in [2.05, 4.69) is 10.3 Å². The Morgan fingerprint density at radius 1 is 1.23 bits per heavy atom. The van der Waals surface area contributed by atoms with Gasteiger partial charge in [0.2, 0.25) is 0 Å². The SMILES string of the molecule is CC(C)(C)OC(=O)NC(C)(C=O)c1ccc2cccnc2c1. The van der Waals surface area contributed by atoms with E-state index in [1.54, 1.807) is 46.0 Å². The summed E-state index contributed by atoms with van der Waals surface area (Å²) in [7, 11) is 0. The number of carbonyl (C=O) groups is 2. The van der Waals surface area contributed by atoms with Crippen LogP contribution in [0.1, 0.15) is 33.3 Å². The van der Waals surface area contributed by atoms with Crippen LogP contribution in [0.3, 0.4) is 0 Å². The number of amides is 1. The molecule has 0 aliphatic heterocycles. The molecule has 1 heterocycles. The second-order valence-corrected chi connectivity index (χ2v) is 6.36. The molecule has 1 atom stereocenters. The van der Waals surface area contributed by atoms with Crippen LogP contribution in [0.25, 0.3) is 10.9 Å². The summed E-state index contributed by atoms with van der Waals surface area (Å²) in [4.78, 5) is 27.8. The van der Waals surface area contributed by atoms with Crippen LogP contribution in [-0.2, 0) is 15.1 Å². The van der Waals surface area contributed by atoms with E-state index < -0.39 is 17.2 Å². The molecule has 0 saturated heterocycles. The van der Waals surface area contributed by atoms with Crippen molar-refractivity contribution in [3.63, 3.8) is 0 Å². The molecule has 0 saturated carbocycles. The molecule has 22 heavy (non-hydrogen) atoms. The van der Waals surface area contributed by atoms with E-state index in [9.17, 15) is 9.59 Å². The molecule has 0 bridgehead atoms. The molecule has 0 fully saturated rings. The fourth-order valence-corrected chi connectivity index (χ4v) is 2.07. The molecule has 116 valence electrons. The third kappa shape index (κ3) is 3.61. The van der Waals surface area contributed by atoms with Gasteiger partial charge >= 0.3 is 6.09 Å². The molecular formula is C17H20N2O3. The number of benzene rings is 1. The van der Waals surface area contributed by atoms with Crippen molar-refractivity contribution < 1.29 is 14.3 Å². The molecule has 0 spiro atoms. The zero-order chi connectivity index (χ0) is 16.4. The zero-order valence-electron chi connectivity index (χ0n) is 13.2. The van der Waals surface area contributed by atoms with Crippen molar-refractivity contribution in [1.29, 1.82) is 0 Å². The number of hydrogen-bond acceptors (Lipinski definition) is 4. The summed E-state index contributed by atoms with van der Waals surface area (Å²) < 4.78 is 5.22. The van der Waals surface area contributed by atoms with E-state index in [0.29, 0.717) is 11.8 Å². The Morgan fingerprint density at radius 2 is 1.95 bits per heavy atom. The van der Waals surface area contributed by atoms with Crippen LogP contribution in [0.15, 0.2) is 36.5 Å². The number of nitrogens with zero attached hydrogens (tertiary/aromatic N) is 1. The molecule has 1 aromatic carbocycles. The molecule has 0 aliphatic carbocycles. The Kier molecular flexibility index (Phi) is 4.17. The van der Waals surface area contributed by atoms with Crippen molar-refractivity contribution >= 4 is 23.3 Å². The lowest BCUT2D eigenvalue weighted by Gasteiger charge is -2.28. The number of nitrogens with one attached hydrogen (secondary N) is 1. The molecule has 5 nitrogen and oxygen atoms in total. The van der Waals surface area contributed by atoms with Crippen molar-refractivity contribution in [2.45, 2.75) is 38.8 Å². The predicted octanol–water partition coefficient (Wildman–Crippen LogP) is 3.17. The number of pyridine rings is 1. The molecule has 2 aromatic rings. The van der Waals surface area contributed by atoms with Crippen LogP contribution in [0.4, 0.5) is 4.79 Å². The van der Waals surface area contributed by atoms with Gasteiger partial charge in [-0.3, -0.25) is 4.98 Å². The summed E-state index contributed by atoms with van der Waals surface area (Å²) in [5, 5.41) is 3.59. The van der Waals surface area contributed by atoms with Crippen LogP contribution >= 0.6 is 0 Å². The lowest BCUT2D eigenvalue weighted by Crippen LogP contribution is -2.46. The highest BCUT2D eigenvalue weighted by molar-refractivity contribution is 5.83. The zero-order valence-corrected chi connectivity index (χ0v) is 13.2. The maximum absolute atomic E-state index is 12.0. The second kappa shape index (κ2) is 5.75. The van der Waals surface area contributed by atoms with E-state index in [-0.39, 0.29) is 0 Å². The quantitative estimate of drug-likeness (QED) is 0.884. The first kappa shape index (κ1) is 15.9. The monoisotopic (exact) mass is 300 g/mol. The number of carbonyl (C=O) groups excluding carboxylic acids is 2. The first-order chi connectivity index (χ1) is 10.2. The van der Waals surface area contributed by atoms with Crippen LogP contribution in [0.5, 0.6) is 0 Å². The lowest BCUT2D eigenvalue weighted by molar-refractivity contribution is -0.113. The molecular weight excluding hydrogens is 280 g/mol. The molecule has 1 amide bonds. The Bertz CT molecular complexity index is 706. The van der Waals surface area contributed by atoms with Crippen molar-refractivity contribution in [3.8, 4) is 0 Å². The molecule has 1 N–H and O–H groups in total. The Morgan fingerprint density at radius 3 is 2.59 bits per heavy atom. The van der Waals surface area contributed by atoms with Gasteiger partial charge in [0.1, 0.15) is 17.4 Å². The smallest absolute Gasteiger partial charge is 0.408 e. The number of fused-ring (bicyclic) bond motifs is 1. The molecule has 1 aromatic heterocycles. The van der Waals surface area contributed by atoms with Gasteiger partial charge in [-0.15, -0.1) is 0 Å². The number of ether oxygens (including phenoxy) is 1. The van der Waals surface area contributed by atoms with Crippen molar-refractivity contribution in [2.75, 3.05) is 0 Å². The van der Waals surface area contributed by atoms with Crippen molar-refractivity contribution in [3.05, 3.63) is 42.1 Å². The Hall–Kier alpha value is -2.43. The second-order valence-electron chi connectivity index (χ2n) is 6.36. The Balaban J connectivity index is 2.31. The van der Waals surface area contributed by atoms with Gasteiger partial charge < -0.3 is 14.8 Å². The summed E-state index contributed by atoms with van der Waals surface area (Å²) >= 11 is 0. The van der Waals surface area contributed by atoms with Crippen molar-refractivity contribution in [1.82, 2.24) is 10.3 Å². The van der Waals surface area contributed by atoms with Crippen LogP contribution in [-0.4, -0.2) is 23.0 Å². The average molecular weight is 300 g/mol. The lowest BCUT2D eigenvalue weighted by atomic mass is 9.93. The van der Waals surface area contributed by atoms with Crippen LogP contribution < -0.4 is 5.32 Å². The molecule has 2 rings (SSSR count).